The molecule has 2 aromatic heterocycles. The molecular formula is C11H12N2S. The topological polar surface area (TPSA) is 38.9 Å². The third-order valence-electron chi connectivity index (χ3n) is 2.24. The summed E-state index contributed by atoms with van der Waals surface area (Å²) in [6, 6.07) is 4.16. The van der Waals surface area contributed by atoms with Crippen LogP contribution in [0.15, 0.2) is 29.9 Å². The van der Waals surface area contributed by atoms with Crippen LogP contribution >= 0.6 is 11.3 Å². The lowest BCUT2D eigenvalue weighted by Crippen LogP contribution is -1.95. The van der Waals surface area contributed by atoms with Crippen LogP contribution in [0.1, 0.15) is 10.4 Å². The molecule has 14 heavy (non-hydrogen) atoms. The van der Waals surface area contributed by atoms with Crippen molar-refractivity contribution in [3.8, 4) is 11.1 Å². The number of pyridine rings is 1. The van der Waals surface area contributed by atoms with Gasteiger partial charge in [-0.3, -0.25) is 4.98 Å². The Hall–Kier alpha value is -1.19. The predicted molar refractivity (Wildman–Crippen MR) is 60.2 cm³/mol. The fourth-order valence-electron chi connectivity index (χ4n) is 1.51. The summed E-state index contributed by atoms with van der Waals surface area (Å²) in [5.74, 6) is 0. The first-order chi connectivity index (χ1) is 6.83. The van der Waals surface area contributed by atoms with E-state index in [9.17, 15) is 0 Å². The van der Waals surface area contributed by atoms with E-state index in [4.69, 9.17) is 5.73 Å². The highest BCUT2D eigenvalue weighted by Gasteiger charge is 2.06. The van der Waals surface area contributed by atoms with Crippen LogP contribution in [0.5, 0.6) is 0 Å². The molecule has 0 fully saturated rings. The quantitative estimate of drug-likeness (QED) is 0.816. The van der Waals surface area contributed by atoms with Crippen LogP contribution in [0.25, 0.3) is 11.1 Å². The Balaban J connectivity index is 2.54. The minimum absolute atomic E-state index is 0.606. The highest BCUT2D eigenvalue weighted by atomic mass is 32.1. The van der Waals surface area contributed by atoms with Crippen LogP contribution in [-0.2, 0) is 6.54 Å². The van der Waals surface area contributed by atoms with Gasteiger partial charge in [0.2, 0.25) is 0 Å². The summed E-state index contributed by atoms with van der Waals surface area (Å²) >= 11 is 1.71. The van der Waals surface area contributed by atoms with Crippen molar-refractivity contribution in [1.29, 1.82) is 0 Å². The SMILES string of the molecule is Cc1cnccc1-c1ccsc1CN. The van der Waals surface area contributed by atoms with E-state index in [1.165, 1.54) is 21.6 Å². The maximum atomic E-state index is 5.68. The minimum atomic E-state index is 0.606. The average Bonchev–Trinajstić information content (AvgIpc) is 2.66. The molecule has 0 saturated heterocycles. The number of thiophene rings is 1. The van der Waals surface area contributed by atoms with Crippen molar-refractivity contribution in [2.75, 3.05) is 0 Å². The van der Waals surface area contributed by atoms with Crippen molar-refractivity contribution in [3.63, 3.8) is 0 Å². The number of nitrogens with two attached hydrogens (primary N) is 1. The molecule has 0 saturated carbocycles. The van der Waals surface area contributed by atoms with Crippen molar-refractivity contribution in [3.05, 3.63) is 40.3 Å². The number of hydrogen-bond donors (Lipinski definition) is 1. The maximum Gasteiger partial charge on any atom is 0.0303 e. The van der Waals surface area contributed by atoms with Crippen LogP contribution in [0.4, 0.5) is 0 Å². The molecule has 0 bridgehead atoms. The molecule has 2 nitrogen and oxygen atoms in total. The Morgan fingerprint density at radius 3 is 2.93 bits per heavy atom. The van der Waals surface area contributed by atoms with Crippen LogP contribution in [-0.4, -0.2) is 4.98 Å². The van der Waals surface area contributed by atoms with Gasteiger partial charge in [0.1, 0.15) is 0 Å². The lowest BCUT2D eigenvalue weighted by atomic mass is 10.0. The Bertz CT molecular complexity index is 434. The zero-order valence-electron chi connectivity index (χ0n) is 8.03. The summed E-state index contributed by atoms with van der Waals surface area (Å²) in [6.07, 6.45) is 3.70. The van der Waals surface area contributed by atoms with Crippen molar-refractivity contribution < 1.29 is 0 Å². The van der Waals surface area contributed by atoms with E-state index in [1.54, 1.807) is 11.3 Å². The fraction of sp³-hybridized carbons (Fsp3) is 0.182. The summed E-state index contributed by atoms with van der Waals surface area (Å²) in [6.45, 7) is 2.68. The van der Waals surface area contributed by atoms with Crippen LogP contribution in [0.2, 0.25) is 0 Å². The van der Waals surface area contributed by atoms with Crippen molar-refractivity contribution >= 4 is 11.3 Å². The molecule has 2 rings (SSSR count). The summed E-state index contributed by atoms with van der Waals surface area (Å²) in [4.78, 5) is 5.32. The first-order valence-electron chi connectivity index (χ1n) is 4.50. The molecule has 72 valence electrons. The molecule has 0 aromatic carbocycles. The molecule has 2 heterocycles. The second kappa shape index (κ2) is 3.90. The van der Waals surface area contributed by atoms with Gasteiger partial charge in [-0.05, 0) is 41.1 Å². The molecule has 0 aliphatic heterocycles. The highest BCUT2D eigenvalue weighted by molar-refractivity contribution is 7.10. The van der Waals surface area contributed by atoms with Crippen LogP contribution < -0.4 is 5.73 Å². The zero-order chi connectivity index (χ0) is 9.97. The van der Waals surface area contributed by atoms with Crippen molar-refractivity contribution in [2.45, 2.75) is 13.5 Å². The molecule has 3 heteroatoms. The van der Waals surface area contributed by atoms with E-state index in [0.717, 1.165) is 0 Å². The number of aromatic nitrogens is 1. The van der Waals surface area contributed by atoms with Gasteiger partial charge in [0, 0.05) is 23.8 Å². The van der Waals surface area contributed by atoms with Crippen molar-refractivity contribution in [1.82, 2.24) is 4.98 Å². The van der Waals surface area contributed by atoms with E-state index in [2.05, 4.69) is 23.4 Å². The van der Waals surface area contributed by atoms with Gasteiger partial charge in [-0.15, -0.1) is 11.3 Å². The van der Waals surface area contributed by atoms with Gasteiger partial charge in [0.25, 0.3) is 0 Å². The van der Waals surface area contributed by atoms with E-state index in [0.29, 0.717) is 6.54 Å². The minimum Gasteiger partial charge on any atom is -0.326 e. The summed E-state index contributed by atoms with van der Waals surface area (Å²) in [5, 5.41) is 2.08. The smallest absolute Gasteiger partial charge is 0.0303 e. The van der Waals surface area contributed by atoms with Gasteiger partial charge in [-0.1, -0.05) is 0 Å². The molecule has 0 spiro atoms. The zero-order valence-corrected chi connectivity index (χ0v) is 8.84. The molecule has 0 aliphatic rings. The fourth-order valence-corrected chi connectivity index (χ4v) is 2.28. The lowest BCUT2D eigenvalue weighted by molar-refractivity contribution is 1.11. The van der Waals surface area contributed by atoms with Gasteiger partial charge in [-0.2, -0.15) is 0 Å². The number of hydrogen-bond acceptors (Lipinski definition) is 3. The van der Waals surface area contributed by atoms with Gasteiger partial charge in [0.05, 0.1) is 0 Å². The number of rotatable bonds is 2. The summed E-state index contributed by atoms with van der Waals surface area (Å²) in [5.41, 5.74) is 9.36. The van der Waals surface area contributed by atoms with Gasteiger partial charge >= 0.3 is 0 Å². The molecule has 0 atom stereocenters. The number of aryl methyl sites for hydroxylation is 1. The van der Waals surface area contributed by atoms with Gasteiger partial charge < -0.3 is 5.73 Å². The molecule has 0 amide bonds. The Morgan fingerprint density at radius 2 is 2.21 bits per heavy atom. The van der Waals surface area contributed by atoms with Crippen LogP contribution in [0, 0.1) is 6.92 Å². The Morgan fingerprint density at radius 1 is 1.36 bits per heavy atom. The van der Waals surface area contributed by atoms with E-state index in [1.807, 2.05) is 18.5 Å². The standard InChI is InChI=1S/C11H12N2S/c1-8-7-13-4-2-9(8)10-3-5-14-11(10)6-12/h2-5,7H,6,12H2,1H3. The van der Waals surface area contributed by atoms with Crippen molar-refractivity contribution in [2.24, 2.45) is 5.73 Å². The molecule has 2 aromatic rings. The van der Waals surface area contributed by atoms with E-state index >= 15 is 0 Å². The normalized spacial score (nSPS) is 10.4. The largest absolute Gasteiger partial charge is 0.326 e. The monoisotopic (exact) mass is 204 g/mol. The second-order valence-corrected chi connectivity index (χ2v) is 4.15. The van der Waals surface area contributed by atoms with Gasteiger partial charge in [0.15, 0.2) is 0 Å². The predicted octanol–water partition coefficient (Wildman–Crippen LogP) is 2.58. The summed E-state index contributed by atoms with van der Waals surface area (Å²) in [7, 11) is 0. The Labute approximate surface area is 87.4 Å². The molecule has 2 N–H and O–H groups in total. The van der Waals surface area contributed by atoms with E-state index < -0.39 is 0 Å². The molecular weight excluding hydrogens is 192 g/mol. The first-order valence-corrected chi connectivity index (χ1v) is 5.38. The third-order valence-corrected chi connectivity index (χ3v) is 3.18. The van der Waals surface area contributed by atoms with Crippen LogP contribution in [0.3, 0.4) is 0 Å². The molecule has 0 unspecified atom stereocenters. The molecule has 0 aliphatic carbocycles. The van der Waals surface area contributed by atoms with E-state index in [-0.39, 0.29) is 0 Å². The number of nitrogens with zero attached hydrogens (tertiary/aromatic N) is 1. The lowest BCUT2D eigenvalue weighted by Gasteiger charge is -2.04. The maximum absolute atomic E-state index is 5.68. The summed E-state index contributed by atoms with van der Waals surface area (Å²) < 4.78 is 0. The average molecular weight is 204 g/mol. The Kier molecular flexibility index (Phi) is 2.61. The molecule has 0 radical (unpaired) electrons. The van der Waals surface area contributed by atoms with Gasteiger partial charge in [-0.25, -0.2) is 0 Å². The highest BCUT2D eigenvalue weighted by Crippen LogP contribution is 2.29. The third kappa shape index (κ3) is 1.56. The second-order valence-electron chi connectivity index (χ2n) is 3.15. The first kappa shape index (κ1) is 9.37.